The lowest BCUT2D eigenvalue weighted by Gasteiger charge is -2.19. The lowest BCUT2D eigenvalue weighted by atomic mass is 10.2. The maximum absolute atomic E-state index is 11.6. The molecule has 0 aliphatic rings. The van der Waals surface area contributed by atoms with Gasteiger partial charge < -0.3 is 16.0 Å². The average Bonchev–Trinajstić information content (AvgIpc) is 2.26. The van der Waals surface area contributed by atoms with Crippen molar-refractivity contribution in [2.75, 3.05) is 30.8 Å². The Labute approximate surface area is 102 Å². The molecule has 1 heterocycles. The van der Waals surface area contributed by atoms with Gasteiger partial charge in [-0.1, -0.05) is 13.8 Å². The third-order valence-electron chi connectivity index (χ3n) is 2.27. The van der Waals surface area contributed by atoms with Gasteiger partial charge in [0.15, 0.2) is 0 Å². The van der Waals surface area contributed by atoms with Crippen molar-refractivity contribution in [1.29, 1.82) is 0 Å². The van der Waals surface area contributed by atoms with Gasteiger partial charge >= 0.3 is 0 Å². The molecule has 0 atom stereocenters. The summed E-state index contributed by atoms with van der Waals surface area (Å²) < 4.78 is 0. The predicted octanol–water partition coefficient (Wildman–Crippen LogP) is 0.872. The van der Waals surface area contributed by atoms with E-state index in [2.05, 4.69) is 24.1 Å². The number of nitrogens with two attached hydrogens (primary N) is 1. The molecule has 0 aromatic carbocycles. The van der Waals surface area contributed by atoms with E-state index in [0.717, 1.165) is 5.69 Å². The normalized spacial score (nSPS) is 10.4. The molecule has 5 heteroatoms. The van der Waals surface area contributed by atoms with Crippen LogP contribution in [0.15, 0.2) is 18.5 Å². The first-order valence-corrected chi connectivity index (χ1v) is 5.67. The van der Waals surface area contributed by atoms with Gasteiger partial charge in [-0.15, -0.1) is 0 Å². The highest BCUT2D eigenvalue weighted by atomic mass is 16.2. The minimum atomic E-state index is 0.00336. The number of hydrogen-bond acceptors (Lipinski definition) is 4. The summed E-state index contributed by atoms with van der Waals surface area (Å²) in [6, 6.07) is 1.79. The van der Waals surface area contributed by atoms with E-state index >= 15 is 0 Å². The molecule has 17 heavy (non-hydrogen) atoms. The molecule has 1 rings (SSSR count). The fraction of sp³-hybridized carbons (Fsp3) is 0.500. The van der Waals surface area contributed by atoms with Gasteiger partial charge in [0, 0.05) is 19.8 Å². The number of pyridine rings is 1. The Hall–Kier alpha value is -1.78. The van der Waals surface area contributed by atoms with Crippen molar-refractivity contribution in [3.8, 4) is 0 Å². The van der Waals surface area contributed by atoms with Crippen molar-refractivity contribution in [2.45, 2.75) is 13.8 Å². The van der Waals surface area contributed by atoms with Crippen LogP contribution in [0.1, 0.15) is 13.8 Å². The highest BCUT2D eigenvalue weighted by Gasteiger charge is 2.08. The molecule has 0 spiro atoms. The lowest BCUT2D eigenvalue weighted by Crippen LogP contribution is -2.36. The number of carbonyl (C=O) groups is 1. The molecule has 0 bridgehead atoms. The molecule has 5 nitrogen and oxygen atoms in total. The van der Waals surface area contributed by atoms with E-state index < -0.39 is 0 Å². The minimum absolute atomic E-state index is 0.00336. The molecular formula is C12H20N4O. The zero-order valence-electron chi connectivity index (χ0n) is 10.6. The number of carbonyl (C=O) groups excluding carboxylic acids is 1. The molecule has 94 valence electrons. The molecule has 0 aliphatic carbocycles. The summed E-state index contributed by atoms with van der Waals surface area (Å²) in [6.07, 6.45) is 3.27. The Balaban J connectivity index is 2.48. The maximum Gasteiger partial charge on any atom is 0.239 e. The van der Waals surface area contributed by atoms with Crippen LogP contribution in [-0.2, 0) is 4.79 Å². The average molecular weight is 236 g/mol. The number of nitrogens with zero attached hydrogens (tertiary/aromatic N) is 2. The van der Waals surface area contributed by atoms with Gasteiger partial charge in [-0.05, 0) is 12.0 Å². The SMILES string of the molecule is CC(C)CNC(=O)CN(C)c1cncc(N)c1. The van der Waals surface area contributed by atoms with Crippen molar-refractivity contribution in [1.82, 2.24) is 10.3 Å². The molecule has 1 aromatic heterocycles. The number of rotatable bonds is 5. The van der Waals surface area contributed by atoms with Gasteiger partial charge in [0.05, 0.1) is 24.1 Å². The molecule has 0 aliphatic heterocycles. The zero-order valence-corrected chi connectivity index (χ0v) is 10.6. The van der Waals surface area contributed by atoms with Crippen LogP contribution < -0.4 is 16.0 Å². The second kappa shape index (κ2) is 6.08. The first-order valence-electron chi connectivity index (χ1n) is 5.67. The molecule has 0 saturated heterocycles. The fourth-order valence-corrected chi connectivity index (χ4v) is 1.33. The third kappa shape index (κ3) is 4.72. The van der Waals surface area contributed by atoms with Crippen LogP contribution >= 0.6 is 0 Å². The highest BCUT2D eigenvalue weighted by Crippen LogP contribution is 2.13. The Morgan fingerprint density at radius 3 is 2.82 bits per heavy atom. The van der Waals surface area contributed by atoms with Gasteiger partial charge in [0.2, 0.25) is 5.91 Å². The standard InChI is InChI=1S/C12H20N4O/c1-9(2)5-15-12(17)8-16(3)11-4-10(13)6-14-7-11/h4,6-7,9H,5,8,13H2,1-3H3,(H,15,17). The maximum atomic E-state index is 11.6. The molecule has 0 fully saturated rings. The quantitative estimate of drug-likeness (QED) is 0.796. The largest absolute Gasteiger partial charge is 0.397 e. The van der Waals surface area contributed by atoms with Crippen molar-refractivity contribution in [3.05, 3.63) is 18.5 Å². The number of anilines is 2. The fourth-order valence-electron chi connectivity index (χ4n) is 1.33. The summed E-state index contributed by atoms with van der Waals surface area (Å²) in [5.74, 6) is 0.460. The van der Waals surface area contributed by atoms with E-state index in [9.17, 15) is 4.79 Å². The summed E-state index contributed by atoms with van der Waals surface area (Å²) in [7, 11) is 1.84. The van der Waals surface area contributed by atoms with E-state index in [0.29, 0.717) is 24.7 Å². The molecule has 0 unspecified atom stereocenters. The Morgan fingerprint density at radius 1 is 1.53 bits per heavy atom. The van der Waals surface area contributed by atoms with Crippen LogP contribution in [0.2, 0.25) is 0 Å². The van der Waals surface area contributed by atoms with E-state index in [4.69, 9.17) is 5.73 Å². The van der Waals surface area contributed by atoms with Crippen LogP contribution in [0.4, 0.5) is 11.4 Å². The monoisotopic (exact) mass is 236 g/mol. The number of likely N-dealkylation sites (N-methyl/N-ethyl adjacent to an activating group) is 1. The van der Waals surface area contributed by atoms with E-state index in [1.165, 1.54) is 0 Å². The minimum Gasteiger partial charge on any atom is -0.397 e. The molecule has 0 saturated carbocycles. The second-order valence-corrected chi connectivity index (χ2v) is 4.53. The third-order valence-corrected chi connectivity index (χ3v) is 2.27. The van der Waals surface area contributed by atoms with Crippen molar-refractivity contribution >= 4 is 17.3 Å². The molecular weight excluding hydrogens is 216 g/mol. The van der Waals surface area contributed by atoms with Gasteiger partial charge in [-0.25, -0.2) is 0 Å². The first kappa shape index (κ1) is 13.3. The van der Waals surface area contributed by atoms with Gasteiger partial charge in [-0.2, -0.15) is 0 Å². The molecule has 0 radical (unpaired) electrons. The number of hydrogen-bond donors (Lipinski definition) is 2. The van der Waals surface area contributed by atoms with Crippen LogP contribution in [-0.4, -0.2) is 31.0 Å². The van der Waals surface area contributed by atoms with Crippen LogP contribution in [0.3, 0.4) is 0 Å². The summed E-state index contributed by atoms with van der Waals surface area (Å²) in [5.41, 5.74) is 7.07. The summed E-state index contributed by atoms with van der Waals surface area (Å²) in [6.45, 7) is 5.12. The Morgan fingerprint density at radius 2 is 2.24 bits per heavy atom. The van der Waals surface area contributed by atoms with Crippen molar-refractivity contribution in [2.24, 2.45) is 5.92 Å². The number of nitrogen functional groups attached to an aromatic ring is 1. The van der Waals surface area contributed by atoms with Crippen molar-refractivity contribution in [3.63, 3.8) is 0 Å². The molecule has 3 N–H and O–H groups in total. The van der Waals surface area contributed by atoms with Crippen LogP contribution in [0, 0.1) is 5.92 Å². The van der Waals surface area contributed by atoms with E-state index in [1.807, 2.05) is 11.9 Å². The smallest absolute Gasteiger partial charge is 0.239 e. The van der Waals surface area contributed by atoms with Gasteiger partial charge in [0.25, 0.3) is 0 Å². The van der Waals surface area contributed by atoms with E-state index in [1.54, 1.807) is 18.5 Å². The summed E-state index contributed by atoms with van der Waals surface area (Å²) >= 11 is 0. The van der Waals surface area contributed by atoms with Gasteiger partial charge in [-0.3, -0.25) is 9.78 Å². The Bertz CT molecular complexity index is 379. The molecule has 1 aromatic rings. The number of aromatic nitrogens is 1. The lowest BCUT2D eigenvalue weighted by molar-refractivity contribution is -0.119. The van der Waals surface area contributed by atoms with Crippen molar-refractivity contribution < 1.29 is 4.79 Å². The molecule has 1 amide bonds. The topological polar surface area (TPSA) is 71.2 Å². The zero-order chi connectivity index (χ0) is 12.8. The number of amides is 1. The highest BCUT2D eigenvalue weighted by molar-refractivity contribution is 5.81. The van der Waals surface area contributed by atoms with Gasteiger partial charge in [0.1, 0.15) is 0 Å². The van der Waals surface area contributed by atoms with E-state index in [-0.39, 0.29) is 5.91 Å². The summed E-state index contributed by atoms with van der Waals surface area (Å²) in [5, 5.41) is 2.87. The van der Waals surface area contributed by atoms with Crippen LogP contribution in [0.25, 0.3) is 0 Å². The number of nitrogens with one attached hydrogen (secondary N) is 1. The Kier molecular flexibility index (Phi) is 4.75. The second-order valence-electron chi connectivity index (χ2n) is 4.53. The predicted molar refractivity (Wildman–Crippen MR) is 69.8 cm³/mol. The first-order chi connectivity index (χ1) is 7.99. The summed E-state index contributed by atoms with van der Waals surface area (Å²) in [4.78, 5) is 17.4. The van der Waals surface area contributed by atoms with Crippen LogP contribution in [0.5, 0.6) is 0 Å².